The quantitative estimate of drug-likeness (QED) is 0.127. The molecule has 15 heteroatoms. The molecule has 0 unspecified atom stereocenters. The first-order valence-electron chi connectivity index (χ1n) is 15.1. The summed E-state index contributed by atoms with van der Waals surface area (Å²) in [6, 6.07) is 14.2. The number of carbonyl (C=O) groups is 3. The molecule has 0 bridgehead atoms. The van der Waals surface area contributed by atoms with Crippen molar-refractivity contribution in [3.8, 4) is 0 Å². The summed E-state index contributed by atoms with van der Waals surface area (Å²) in [5.74, 6) is -0.473. The lowest BCUT2D eigenvalue weighted by Crippen LogP contribution is -2.48. The third kappa shape index (κ3) is 9.94. The van der Waals surface area contributed by atoms with Crippen molar-refractivity contribution >= 4 is 50.7 Å². The minimum absolute atomic E-state index is 0.105. The van der Waals surface area contributed by atoms with Crippen LogP contribution in [0.2, 0.25) is 0 Å². The number of hydrogen-bond acceptors (Lipinski definition) is 9. The van der Waals surface area contributed by atoms with E-state index in [4.69, 9.17) is 0 Å². The Bertz CT molecular complexity index is 1780. The van der Waals surface area contributed by atoms with E-state index < -0.39 is 33.9 Å². The zero-order valence-corrected chi connectivity index (χ0v) is 28.5. The fraction of sp³-hybridized carbons (Fsp3) is 0.344. The number of thiophene rings is 1. The summed E-state index contributed by atoms with van der Waals surface area (Å²) in [6.45, 7) is 5.67. The van der Waals surface area contributed by atoms with Crippen molar-refractivity contribution in [2.24, 2.45) is 0 Å². The molecule has 5 N–H and O–H groups in total. The molecule has 47 heavy (non-hydrogen) atoms. The Labute approximate surface area is 278 Å². The van der Waals surface area contributed by atoms with Crippen LogP contribution in [-0.4, -0.2) is 73.3 Å². The first kappa shape index (κ1) is 35.3. The molecule has 0 aliphatic heterocycles. The number of nitrogens with zero attached hydrogens (tertiary/aromatic N) is 3. The van der Waals surface area contributed by atoms with Gasteiger partial charge in [-0.3, -0.25) is 24.0 Å². The van der Waals surface area contributed by atoms with Crippen molar-refractivity contribution in [2.75, 3.05) is 29.5 Å². The number of anilines is 2. The molecule has 0 radical (unpaired) electrons. The minimum atomic E-state index is -3.70. The Hall–Kier alpha value is -4.60. The van der Waals surface area contributed by atoms with Gasteiger partial charge < -0.3 is 16.0 Å². The van der Waals surface area contributed by atoms with Crippen LogP contribution in [0.25, 0.3) is 0 Å². The molecule has 3 amide bonds. The fourth-order valence-corrected chi connectivity index (χ4v) is 5.81. The van der Waals surface area contributed by atoms with E-state index in [1.165, 1.54) is 36.6 Å². The normalized spacial score (nSPS) is 13.3. The van der Waals surface area contributed by atoms with E-state index in [9.17, 15) is 22.8 Å². The summed E-state index contributed by atoms with van der Waals surface area (Å²) < 4.78 is 25.9. The van der Waals surface area contributed by atoms with Crippen molar-refractivity contribution in [3.05, 3.63) is 93.4 Å². The molecule has 0 aliphatic rings. The number of carbonyl (C=O) groups excluding carboxylic acids is 3. The summed E-state index contributed by atoms with van der Waals surface area (Å²) in [5.41, 5.74) is 2.28. The second-order valence-electron chi connectivity index (χ2n) is 11.2. The number of nitrogens with one attached hydrogen (secondary N) is 5. The Morgan fingerprint density at radius 2 is 1.68 bits per heavy atom. The summed E-state index contributed by atoms with van der Waals surface area (Å²) >= 11 is 1.53. The second-order valence-corrected chi connectivity index (χ2v) is 14.0. The van der Waals surface area contributed by atoms with E-state index in [0.29, 0.717) is 18.7 Å². The van der Waals surface area contributed by atoms with Crippen molar-refractivity contribution in [1.29, 1.82) is 0 Å². The van der Waals surface area contributed by atoms with Crippen molar-refractivity contribution < 1.29 is 22.8 Å². The van der Waals surface area contributed by atoms with Crippen LogP contribution in [0.15, 0.2) is 65.4 Å². The maximum absolute atomic E-state index is 13.7. The van der Waals surface area contributed by atoms with E-state index in [1.807, 2.05) is 61.0 Å². The molecule has 4 rings (SSSR count). The molecule has 2 aromatic heterocycles. The Morgan fingerprint density at radius 1 is 1.00 bits per heavy atom. The van der Waals surface area contributed by atoms with Gasteiger partial charge in [0.25, 0.3) is 11.8 Å². The van der Waals surface area contributed by atoms with Gasteiger partial charge in [-0.25, -0.2) is 13.5 Å². The van der Waals surface area contributed by atoms with E-state index in [-0.39, 0.29) is 41.3 Å². The second kappa shape index (κ2) is 15.8. The first-order valence-corrected chi connectivity index (χ1v) is 17.9. The van der Waals surface area contributed by atoms with Gasteiger partial charge in [0.05, 0.1) is 24.0 Å². The van der Waals surface area contributed by atoms with Gasteiger partial charge in [-0.05, 0) is 66.4 Å². The number of aromatic amines is 1. The molecular weight excluding hydrogens is 641 g/mol. The molecule has 3 atom stereocenters. The maximum atomic E-state index is 13.7. The molecule has 0 saturated heterocycles. The van der Waals surface area contributed by atoms with Crippen LogP contribution in [0.5, 0.6) is 0 Å². The predicted octanol–water partition coefficient (Wildman–Crippen LogP) is 3.27. The first-order chi connectivity index (χ1) is 22.3. The van der Waals surface area contributed by atoms with Gasteiger partial charge in [-0.15, -0.1) is 0 Å². The number of aryl methyl sites for hydroxylation is 1. The van der Waals surface area contributed by atoms with Crippen molar-refractivity contribution in [1.82, 2.24) is 31.1 Å². The Morgan fingerprint density at radius 3 is 2.28 bits per heavy atom. The van der Waals surface area contributed by atoms with Gasteiger partial charge in [-0.1, -0.05) is 37.3 Å². The standard InChI is InChI=1S/C32H40N8O5S2/c1-6-28-36-32(39-38-28)37-29(41)21(3)33-18-26(14-22-12-13-46-19-22)35-31(43)25-15-24(16-27(17-25)40(4)47(5,44)45)30(42)34-20(2)23-10-8-7-9-11-23/h7-13,15-17,19-21,26,33H,6,14,18H2,1-5H3,(H,34,42)(H,35,43)(H2,36,37,38,39,41)/t20-,21+,26+/m1/s1. The van der Waals surface area contributed by atoms with Gasteiger partial charge in [0, 0.05) is 37.2 Å². The van der Waals surface area contributed by atoms with E-state index >= 15 is 0 Å². The van der Waals surface area contributed by atoms with E-state index in [0.717, 1.165) is 21.7 Å². The van der Waals surface area contributed by atoms with Crippen LogP contribution < -0.4 is 25.6 Å². The van der Waals surface area contributed by atoms with Gasteiger partial charge in [0.2, 0.25) is 21.9 Å². The van der Waals surface area contributed by atoms with Crippen LogP contribution in [0, 0.1) is 0 Å². The van der Waals surface area contributed by atoms with Gasteiger partial charge in [-0.2, -0.15) is 21.4 Å². The van der Waals surface area contributed by atoms with Gasteiger partial charge in [0.1, 0.15) is 0 Å². The predicted molar refractivity (Wildman–Crippen MR) is 183 cm³/mol. The molecule has 0 aliphatic carbocycles. The SMILES string of the molecule is CCc1n[nH]c(NC(=O)[C@H](C)NC[C@H](Cc2ccsc2)NC(=O)c2cc(C(=O)N[C@H](C)c3ccccc3)cc(N(C)S(C)(=O)=O)c2)n1. The number of rotatable bonds is 15. The smallest absolute Gasteiger partial charge is 0.251 e. The highest BCUT2D eigenvalue weighted by molar-refractivity contribution is 7.92. The number of hydrogen-bond donors (Lipinski definition) is 5. The molecule has 250 valence electrons. The summed E-state index contributed by atoms with van der Waals surface area (Å²) in [5, 5.41) is 22.4. The fourth-order valence-electron chi connectivity index (χ4n) is 4.64. The number of H-pyrrole nitrogens is 1. The lowest BCUT2D eigenvalue weighted by molar-refractivity contribution is -0.117. The third-order valence-electron chi connectivity index (χ3n) is 7.50. The largest absolute Gasteiger partial charge is 0.348 e. The van der Waals surface area contributed by atoms with Gasteiger partial charge in [0.15, 0.2) is 5.82 Å². The van der Waals surface area contributed by atoms with Crippen LogP contribution in [0.3, 0.4) is 0 Å². The topological polar surface area (TPSA) is 178 Å². The summed E-state index contributed by atoms with van der Waals surface area (Å²) in [7, 11) is -2.34. The Kier molecular flexibility index (Phi) is 11.9. The van der Waals surface area contributed by atoms with Crippen LogP contribution in [0.4, 0.5) is 11.6 Å². The van der Waals surface area contributed by atoms with Crippen molar-refractivity contribution in [3.63, 3.8) is 0 Å². The highest BCUT2D eigenvalue weighted by Gasteiger charge is 2.23. The lowest BCUT2D eigenvalue weighted by Gasteiger charge is -2.23. The van der Waals surface area contributed by atoms with Gasteiger partial charge >= 0.3 is 0 Å². The van der Waals surface area contributed by atoms with Crippen molar-refractivity contribution in [2.45, 2.75) is 51.7 Å². The number of amides is 3. The molecule has 0 fully saturated rings. The molecule has 13 nitrogen and oxygen atoms in total. The molecular formula is C32H40N8O5S2. The molecule has 2 aromatic carbocycles. The summed E-state index contributed by atoms with van der Waals surface area (Å²) in [6.07, 6.45) is 2.13. The number of benzene rings is 2. The molecule has 0 saturated carbocycles. The number of aromatic nitrogens is 3. The zero-order valence-electron chi connectivity index (χ0n) is 26.9. The van der Waals surface area contributed by atoms with Crippen LogP contribution in [0.1, 0.15) is 64.5 Å². The zero-order chi connectivity index (χ0) is 34.1. The average Bonchev–Trinajstić information content (AvgIpc) is 3.74. The highest BCUT2D eigenvalue weighted by atomic mass is 32.2. The number of sulfonamides is 1. The minimum Gasteiger partial charge on any atom is -0.348 e. The van der Waals surface area contributed by atoms with E-state index in [1.54, 1.807) is 6.92 Å². The van der Waals surface area contributed by atoms with E-state index in [2.05, 4.69) is 36.4 Å². The summed E-state index contributed by atoms with van der Waals surface area (Å²) in [4.78, 5) is 44.1. The Balaban J connectivity index is 1.53. The monoisotopic (exact) mass is 680 g/mol. The van der Waals surface area contributed by atoms with Crippen LogP contribution in [-0.2, 0) is 27.7 Å². The average molecular weight is 681 g/mol. The third-order valence-corrected chi connectivity index (χ3v) is 9.44. The van der Waals surface area contributed by atoms with Crippen LogP contribution >= 0.6 is 11.3 Å². The molecule has 0 spiro atoms. The lowest BCUT2D eigenvalue weighted by atomic mass is 10.0. The molecule has 2 heterocycles. The maximum Gasteiger partial charge on any atom is 0.251 e. The molecule has 4 aromatic rings. The highest BCUT2D eigenvalue weighted by Crippen LogP contribution is 2.22.